The first-order chi connectivity index (χ1) is 8.66. The summed E-state index contributed by atoms with van der Waals surface area (Å²) in [5.74, 6) is 0.433. The summed E-state index contributed by atoms with van der Waals surface area (Å²) in [6.45, 7) is 2.10. The van der Waals surface area contributed by atoms with Gasteiger partial charge in [0.1, 0.15) is 5.75 Å². The number of fused-ring (bicyclic) bond motifs is 1. The number of carbonyl (C=O) groups excluding carboxylic acids is 1. The third kappa shape index (κ3) is 1.82. The molecular formula is C15H15NO2. The molecule has 0 aliphatic heterocycles. The van der Waals surface area contributed by atoms with Crippen LogP contribution in [0.3, 0.4) is 0 Å². The van der Waals surface area contributed by atoms with Crippen molar-refractivity contribution in [3.05, 3.63) is 42.0 Å². The van der Waals surface area contributed by atoms with E-state index in [1.807, 2.05) is 30.3 Å². The standard InChI is InChI=1S/C15H15NO2/c1-9-8-13(9)16-15(18)12-7-6-10-4-2-3-5-11(10)14(12)17/h2-7,9,13,17H,8H2,1H3,(H,16,18). The molecule has 1 fully saturated rings. The molecule has 18 heavy (non-hydrogen) atoms. The lowest BCUT2D eigenvalue weighted by Crippen LogP contribution is -2.26. The summed E-state index contributed by atoms with van der Waals surface area (Å²) in [4.78, 5) is 12.0. The van der Waals surface area contributed by atoms with E-state index in [4.69, 9.17) is 0 Å². The Labute approximate surface area is 105 Å². The Balaban J connectivity index is 1.96. The quantitative estimate of drug-likeness (QED) is 0.849. The van der Waals surface area contributed by atoms with Crippen molar-refractivity contribution < 1.29 is 9.90 Å². The Hall–Kier alpha value is -2.03. The van der Waals surface area contributed by atoms with Crippen molar-refractivity contribution in [3.8, 4) is 5.75 Å². The van der Waals surface area contributed by atoms with Crippen LogP contribution in [0.2, 0.25) is 0 Å². The number of amides is 1. The maximum absolute atomic E-state index is 12.0. The normalized spacial score (nSPS) is 21.8. The first kappa shape index (κ1) is 11.1. The van der Waals surface area contributed by atoms with E-state index in [1.54, 1.807) is 6.07 Å². The molecule has 2 atom stereocenters. The van der Waals surface area contributed by atoms with Crippen molar-refractivity contribution in [1.29, 1.82) is 0 Å². The average molecular weight is 241 g/mol. The van der Waals surface area contributed by atoms with Gasteiger partial charge in [-0.15, -0.1) is 0 Å². The van der Waals surface area contributed by atoms with Crippen molar-refractivity contribution in [3.63, 3.8) is 0 Å². The number of rotatable bonds is 2. The fraction of sp³-hybridized carbons (Fsp3) is 0.267. The molecule has 0 spiro atoms. The van der Waals surface area contributed by atoms with Gasteiger partial charge in [-0.25, -0.2) is 0 Å². The van der Waals surface area contributed by atoms with E-state index >= 15 is 0 Å². The molecule has 1 amide bonds. The summed E-state index contributed by atoms with van der Waals surface area (Å²) in [5.41, 5.74) is 0.354. The van der Waals surface area contributed by atoms with Crippen molar-refractivity contribution >= 4 is 16.7 Å². The predicted octanol–water partition coefficient (Wildman–Crippen LogP) is 2.68. The van der Waals surface area contributed by atoms with Crippen molar-refractivity contribution in [2.75, 3.05) is 0 Å². The monoisotopic (exact) mass is 241 g/mol. The minimum Gasteiger partial charge on any atom is -0.506 e. The number of hydrogen-bond donors (Lipinski definition) is 2. The molecule has 1 saturated carbocycles. The summed E-state index contributed by atoms with van der Waals surface area (Å²) in [5, 5.41) is 14.7. The number of hydrogen-bond acceptors (Lipinski definition) is 2. The molecule has 0 aromatic heterocycles. The van der Waals surface area contributed by atoms with Crippen molar-refractivity contribution in [2.24, 2.45) is 5.92 Å². The Morgan fingerprint density at radius 1 is 1.28 bits per heavy atom. The van der Waals surface area contributed by atoms with Gasteiger partial charge in [-0.1, -0.05) is 37.3 Å². The molecule has 0 heterocycles. The lowest BCUT2D eigenvalue weighted by molar-refractivity contribution is 0.0947. The fourth-order valence-electron chi connectivity index (χ4n) is 2.21. The van der Waals surface area contributed by atoms with E-state index in [0.29, 0.717) is 16.9 Å². The largest absolute Gasteiger partial charge is 0.506 e. The highest BCUT2D eigenvalue weighted by molar-refractivity contribution is 6.03. The smallest absolute Gasteiger partial charge is 0.255 e. The average Bonchev–Trinajstić information content (AvgIpc) is 3.05. The van der Waals surface area contributed by atoms with Gasteiger partial charge in [0.2, 0.25) is 0 Å². The topological polar surface area (TPSA) is 49.3 Å². The minimum absolute atomic E-state index is 0.0684. The maximum Gasteiger partial charge on any atom is 0.255 e. The molecule has 0 radical (unpaired) electrons. The molecule has 2 N–H and O–H groups in total. The molecular weight excluding hydrogens is 226 g/mol. The van der Waals surface area contributed by atoms with Crippen LogP contribution in [0.5, 0.6) is 5.75 Å². The highest BCUT2D eigenvalue weighted by Crippen LogP contribution is 2.32. The zero-order valence-electron chi connectivity index (χ0n) is 10.2. The number of aromatic hydroxyl groups is 1. The number of phenols is 1. The zero-order valence-corrected chi connectivity index (χ0v) is 10.2. The third-order valence-corrected chi connectivity index (χ3v) is 3.57. The second-order valence-electron chi connectivity index (χ2n) is 4.98. The number of carbonyl (C=O) groups is 1. The first-order valence-electron chi connectivity index (χ1n) is 6.18. The summed E-state index contributed by atoms with van der Waals surface area (Å²) in [6.07, 6.45) is 1.03. The van der Waals surface area contributed by atoms with Gasteiger partial charge >= 0.3 is 0 Å². The van der Waals surface area contributed by atoms with Crippen LogP contribution in [0.25, 0.3) is 10.8 Å². The summed E-state index contributed by atoms with van der Waals surface area (Å²) < 4.78 is 0. The van der Waals surface area contributed by atoms with Gasteiger partial charge in [-0.05, 0) is 23.8 Å². The number of nitrogens with one attached hydrogen (secondary N) is 1. The number of benzene rings is 2. The van der Waals surface area contributed by atoms with Crippen LogP contribution >= 0.6 is 0 Å². The molecule has 2 unspecified atom stereocenters. The first-order valence-corrected chi connectivity index (χ1v) is 6.18. The molecule has 92 valence electrons. The molecule has 2 aromatic rings. The third-order valence-electron chi connectivity index (χ3n) is 3.57. The number of phenolic OH excluding ortho intramolecular Hbond substituents is 1. The van der Waals surface area contributed by atoms with Gasteiger partial charge in [0.15, 0.2) is 0 Å². The predicted molar refractivity (Wildman–Crippen MR) is 70.6 cm³/mol. The molecule has 3 heteroatoms. The lowest BCUT2D eigenvalue weighted by Gasteiger charge is -2.08. The Bertz CT molecular complexity index is 621. The highest BCUT2D eigenvalue weighted by atomic mass is 16.3. The molecule has 0 bridgehead atoms. The van der Waals surface area contributed by atoms with Crippen LogP contribution in [0.15, 0.2) is 36.4 Å². The van der Waals surface area contributed by atoms with E-state index in [9.17, 15) is 9.90 Å². The van der Waals surface area contributed by atoms with Crippen LogP contribution in [-0.2, 0) is 0 Å². The van der Waals surface area contributed by atoms with Gasteiger partial charge in [0, 0.05) is 11.4 Å². The molecule has 3 nitrogen and oxygen atoms in total. The van der Waals surface area contributed by atoms with Crippen molar-refractivity contribution in [1.82, 2.24) is 5.32 Å². The molecule has 1 aliphatic rings. The Morgan fingerprint density at radius 3 is 2.72 bits per heavy atom. The van der Waals surface area contributed by atoms with Gasteiger partial charge in [-0.3, -0.25) is 4.79 Å². The Morgan fingerprint density at radius 2 is 2.00 bits per heavy atom. The molecule has 1 aliphatic carbocycles. The summed E-state index contributed by atoms with van der Waals surface area (Å²) in [6, 6.07) is 11.3. The minimum atomic E-state index is -0.187. The second-order valence-corrected chi connectivity index (χ2v) is 4.98. The van der Waals surface area contributed by atoms with Gasteiger partial charge < -0.3 is 10.4 Å². The van der Waals surface area contributed by atoms with E-state index in [0.717, 1.165) is 11.8 Å². The maximum atomic E-state index is 12.0. The van der Waals surface area contributed by atoms with Crippen LogP contribution in [0.4, 0.5) is 0 Å². The van der Waals surface area contributed by atoms with Gasteiger partial charge in [0.05, 0.1) is 5.56 Å². The Kier molecular flexibility index (Phi) is 2.47. The SMILES string of the molecule is CC1CC1NC(=O)c1ccc2ccccc2c1O. The van der Waals surface area contributed by atoms with Crippen LogP contribution in [0.1, 0.15) is 23.7 Å². The van der Waals surface area contributed by atoms with Crippen LogP contribution < -0.4 is 5.32 Å². The lowest BCUT2D eigenvalue weighted by atomic mass is 10.0. The molecule has 0 saturated heterocycles. The van der Waals surface area contributed by atoms with Gasteiger partial charge in [-0.2, -0.15) is 0 Å². The van der Waals surface area contributed by atoms with E-state index in [2.05, 4.69) is 12.2 Å². The van der Waals surface area contributed by atoms with E-state index in [-0.39, 0.29) is 17.7 Å². The fourth-order valence-corrected chi connectivity index (χ4v) is 2.21. The van der Waals surface area contributed by atoms with Crippen LogP contribution in [-0.4, -0.2) is 17.1 Å². The van der Waals surface area contributed by atoms with E-state index in [1.165, 1.54) is 0 Å². The zero-order chi connectivity index (χ0) is 12.7. The highest BCUT2D eigenvalue weighted by Gasteiger charge is 2.34. The second kappa shape index (κ2) is 4.02. The van der Waals surface area contributed by atoms with Crippen LogP contribution in [0, 0.1) is 5.92 Å². The van der Waals surface area contributed by atoms with Crippen molar-refractivity contribution in [2.45, 2.75) is 19.4 Å². The van der Waals surface area contributed by atoms with Gasteiger partial charge in [0.25, 0.3) is 5.91 Å². The molecule has 2 aromatic carbocycles. The molecule has 3 rings (SSSR count). The summed E-state index contributed by atoms with van der Waals surface area (Å²) >= 11 is 0. The van der Waals surface area contributed by atoms with E-state index < -0.39 is 0 Å². The summed E-state index contributed by atoms with van der Waals surface area (Å²) in [7, 11) is 0.